The highest BCUT2D eigenvalue weighted by molar-refractivity contribution is 7.98. The average molecular weight is 760 g/mol. The summed E-state index contributed by atoms with van der Waals surface area (Å²) in [5.74, 6) is -0.395. The Morgan fingerprint density at radius 2 is 1.60 bits per heavy atom. The van der Waals surface area contributed by atoms with E-state index in [1.165, 1.54) is 33.1 Å². The third kappa shape index (κ3) is 7.42. The summed E-state index contributed by atoms with van der Waals surface area (Å²) in [5.41, 5.74) is 2.23. The molecular formula is C38H32F3N5O5S2. The molecule has 6 aromatic rings. The lowest BCUT2D eigenvalue weighted by molar-refractivity contribution is -0.137. The Kier molecular flexibility index (Phi) is 10.3. The lowest BCUT2D eigenvalue weighted by Gasteiger charge is -2.26. The fourth-order valence-electron chi connectivity index (χ4n) is 6.16. The minimum absolute atomic E-state index is 0.00224. The van der Waals surface area contributed by atoms with Crippen molar-refractivity contribution in [1.29, 1.82) is 0 Å². The van der Waals surface area contributed by atoms with Gasteiger partial charge < -0.3 is 9.47 Å². The number of ether oxygens (including phenoxy) is 2. The number of carbonyl (C=O) groups is 1. The van der Waals surface area contributed by atoms with Gasteiger partial charge in [0.1, 0.15) is 0 Å². The molecular weight excluding hydrogens is 728 g/mol. The summed E-state index contributed by atoms with van der Waals surface area (Å²) in [7, 11) is -3.91. The second-order valence-corrected chi connectivity index (χ2v) is 14.8. The molecule has 3 heterocycles. The maximum Gasteiger partial charge on any atom is 0.416 e. The van der Waals surface area contributed by atoms with Crippen LogP contribution in [-0.2, 0) is 31.4 Å². The number of sulfonamides is 1. The number of para-hydroxylation sites is 1. The quantitative estimate of drug-likeness (QED) is 0.103. The predicted molar refractivity (Wildman–Crippen MR) is 194 cm³/mol. The molecule has 0 aliphatic carbocycles. The highest BCUT2D eigenvalue weighted by Crippen LogP contribution is 2.38. The number of nitrogens with zero attached hydrogens (tertiary/aromatic N) is 5. The summed E-state index contributed by atoms with van der Waals surface area (Å²) < 4.78 is 82.7. The minimum atomic E-state index is -4.64. The van der Waals surface area contributed by atoms with Crippen molar-refractivity contribution in [1.82, 2.24) is 24.1 Å². The third-order valence-corrected chi connectivity index (χ3v) is 11.4. The lowest BCUT2D eigenvalue weighted by Crippen LogP contribution is -2.40. The summed E-state index contributed by atoms with van der Waals surface area (Å²) in [6.45, 7) is 2.75. The molecule has 1 aliphatic heterocycles. The molecule has 0 saturated carbocycles. The highest BCUT2D eigenvalue weighted by Gasteiger charge is 2.32. The van der Waals surface area contributed by atoms with Gasteiger partial charge in [0, 0.05) is 35.4 Å². The van der Waals surface area contributed by atoms with Gasteiger partial charge in [0.15, 0.2) is 11.0 Å². The Balaban J connectivity index is 1.35. The zero-order valence-electron chi connectivity index (χ0n) is 28.3. The first kappa shape index (κ1) is 36.3. The van der Waals surface area contributed by atoms with E-state index in [2.05, 4.69) is 10.2 Å². The van der Waals surface area contributed by atoms with E-state index in [1.807, 2.05) is 54.6 Å². The molecule has 0 spiro atoms. The average Bonchev–Trinajstić information content (AvgIpc) is 3.61. The molecule has 0 amide bonds. The van der Waals surface area contributed by atoms with Crippen molar-refractivity contribution in [3.63, 3.8) is 0 Å². The number of hydrogen-bond acceptors (Lipinski definition) is 9. The summed E-state index contributed by atoms with van der Waals surface area (Å²) in [4.78, 5) is 18.5. The van der Waals surface area contributed by atoms with Crippen LogP contribution in [0.15, 0.2) is 113 Å². The second kappa shape index (κ2) is 15.1. The van der Waals surface area contributed by atoms with E-state index in [0.29, 0.717) is 22.3 Å². The van der Waals surface area contributed by atoms with Crippen molar-refractivity contribution in [3.8, 4) is 28.2 Å². The van der Waals surface area contributed by atoms with Crippen LogP contribution in [0.4, 0.5) is 13.2 Å². The molecule has 1 fully saturated rings. The number of benzene rings is 4. The van der Waals surface area contributed by atoms with E-state index in [4.69, 9.17) is 14.5 Å². The van der Waals surface area contributed by atoms with Gasteiger partial charge in [-0.1, -0.05) is 78.5 Å². The Labute approximate surface area is 307 Å². The minimum Gasteiger partial charge on any atom is -0.462 e. The van der Waals surface area contributed by atoms with E-state index in [-0.39, 0.29) is 65.8 Å². The molecule has 272 valence electrons. The van der Waals surface area contributed by atoms with Gasteiger partial charge in [-0.25, -0.2) is 13.2 Å². The molecule has 0 unspecified atom stereocenters. The van der Waals surface area contributed by atoms with Crippen LogP contribution >= 0.6 is 11.8 Å². The molecule has 10 nitrogen and oxygen atoms in total. The Bertz CT molecular complexity index is 2400. The van der Waals surface area contributed by atoms with Crippen molar-refractivity contribution < 1.29 is 35.9 Å². The number of morpholine rings is 1. The first-order chi connectivity index (χ1) is 25.6. The first-order valence-electron chi connectivity index (χ1n) is 16.6. The molecule has 0 radical (unpaired) electrons. The van der Waals surface area contributed by atoms with Crippen LogP contribution in [0.5, 0.6) is 0 Å². The highest BCUT2D eigenvalue weighted by atomic mass is 32.2. The molecule has 1 aliphatic rings. The van der Waals surface area contributed by atoms with Gasteiger partial charge in [-0.05, 0) is 48.9 Å². The van der Waals surface area contributed by atoms with Crippen LogP contribution in [0.3, 0.4) is 0 Å². The fourth-order valence-corrected chi connectivity index (χ4v) is 8.51. The number of esters is 1. The number of rotatable bonds is 10. The number of halogens is 3. The largest absolute Gasteiger partial charge is 0.462 e. The molecule has 53 heavy (non-hydrogen) atoms. The van der Waals surface area contributed by atoms with E-state index >= 15 is 0 Å². The predicted octanol–water partition coefficient (Wildman–Crippen LogP) is 7.66. The number of hydrogen-bond donors (Lipinski definition) is 0. The summed E-state index contributed by atoms with van der Waals surface area (Å²) in [6.07, 6.45) is -4.64. The fraction of sp³-hybridized carbons (Fsp3) is 0.211. The van der Waals surface area contributed by atoms with Crippen molar-refractivity contribution in [3.05, 3.63) is 120 Å². The number of alkyl halides is 3. The van der Waals surface area contributed by atoms with E-state index in [9.17, 15) is 26.4 Å². The molecule has 0 bridgehead atoms. The van der Waals surface area contributed by atoms with E-state index < -0.39 is 27.7 Å². The maximum atomic E-state index is 14.0. The van der Waals surface area contributed by atoms with Crippen molar-refractivity contribution in [2.24, 2.45) is 0 Å². The molecule has 1 saturated heterocycles. The van der Waals surface area contributed by atoms with Gasteiger partial charge >= 0.3 is 12.1 Å². The number of fused-ring (bicyclic) bond motifs is 1. The van der Waals surface area contributed by atoms with Crippen LogP contribution in [0.1, 0.15) is 28.5 Å². The lowest BCUT2D eigenvalue weighted by atomic mass is 9.94. The zero-order chi connectivity index (χ0) is 37.2. The maximum absolute atomic E-state index is 14.0. The second-order valence-electron chi connectivity index (χ2n) is 11.9. The topological polar surface area (TPSA) is 117 Å². The third-order valence-electron chi connectivity index (χ3n) is 8.61. The van der Waals surface area contributed by atoms with Crippen LogP contribution in [0.2, 0.25) is 0 Å². The number of aromatic nitrogens is 4. The standard InChI is InChI=1S/C38H32F3N5O5S2/c1-2-51-36(47)34-32(42-31-17-7-6-16-30(31)33(34)25-10-4-3-5-11-25)24-52-37-44-43-35(46(37)28-14-9-13-27(23-28)38(39,40)41)26-12-8-15-29(22-26)53(48,49)45-18-20-50-21-19-45/h3-17,22-23H,2,18-21,24H2,1H3. The van der Waals surface area contributed by atoms with Gasteiger partial charge in [-0.2, -0.15) is 17.5 Å². The SMILES string of the molecule is CCOC(=O)c1c(CSc2nnc(-c3cccc(S(=O)(=O)N4CCOCC4)c3)n2-c2cccc(C(F)(F)F)c2)nc2ccccc2c1-c1ccccc1. The Hall–Kier alpha value is -5.09. The first-order valence-corrected chi connectivity index (χ1v) is 19.1. The van der Waals surface area contributed by atoms with E-state index in [1.54, 1.807) is 19.1 Å². The molecule has 15 heteroatoms. The Morgan fingerprint density at radius 1 is 0.887 bits per heavy atom. The number of pyridine rings is 1. The van der Waals surface area contributed by atoms with Gasteiger partial charge in [-0.3, -0.25) is 9.55 Å². The van der Waals surface area contributed by atoms with Gasteiger partial charge in [0.25, 0.3) is 0 Å². The molecule has 0 N–H and O–H groups in total. The number of thioether (sulfide) groups is 1. The smallest absolute Gasteiger partial charge is 0.416 e. The van der Waals surface area contributed by atoms with Crippen molar-refractivity contribution in [2.75, 3.05) is 32.9 Å². The Morgan fingerprint density at radius 3 is 2.36 bits per heavy atom. The molecule has 2 aromatic heterocycles. The van der Waals surface area contributed by atoms with Crippen LogP contribution in [0.25, 0.3) is 39.1 Å². The molecule has 0 atom stereocenters. The van der Waals surface area contributed by atoms with E-state index in [0.717, 1.165) is 34.8 Å². The van der Waals surface area contributed by atoms with Crippen LogP contribution in [0, 0.1) is 0 Å². The summed E-state index contributed by atoms with van der Waals surface area (Å²) in [6, 6.07) is 27.6. The van der Waals surface area contributed by atoms with Crippen molar-refractivity contribution in [2.45, 2.75) is 28.9 Å². The summed E-state index contributed by atoms with van der Waals surface area (Å²) in [5, 5.41) is 9.69. The van der Waals surface area contributed by atoms with Gasteiger partial charge in [-0.15, -0.1) is 10.2 Å². The normalized spacial score (nSPS) is 14.0. The summed E-state index contributed by atoms with van der Waals surface area (Å²) >= 11 is 1.12. The molecule has 7 rings (SSSR count). The van der Waals surface area contributed by atoms with Crippen LogP contribution < -0.4 is 0 Å². The van der Waals surface area contributed by atoms with Crippen molar-refractivity contribution >= 4 is 38.7 Å². The molecule has 4 aromatic carbocycles. The van der Waals surface area contributed by atoms with Crippen LogP contribution in [-0.4, -0.2) is 71.4 Å². The monoisotopic (exact) mass is 759 g/mol. The van der Waals surface area contributed by atoms with Gasteiger partial charge in [0.05, 0.1) is 52.7 Å². The zero-order valence-corrected chi connectivity index (χ0v) is 29.9. The van der Waals surface area contributed by atoms with Gasteiger partial charge in [0.2, 0.25) is 10.0 Å². The number of carbonyl (C=O) groups excluding carboxylic acids is 1.